The van der Waals surface area contributed by atoms with Gasteiger partial charge in [0.05, 0.1) is 24.7 Å². The fraction of sp³-hybridized carbons (Fsp3) is 0.333. The lowest BCUT2D eigenvalue weighted by molar-refractivity contribution is -0.0511. The molecule has 32 heavy (non-hydrogen) atoms. The Kier molecular flexibility index (Phi) is 5.31. The lowest BCUT2D eigenvalue weighted by Crippen LogP contribution is -2.33. The number of ether oxygens (including phenoxy) is 1. The van der Waals surface area contributed by atoms with E-state index >= 15 is 0 Å². The maximum atomic E-state index is 10.4. The van der Waals surface area contributed by atoms with Crippen molar-refractivity contribution in [2.45, 2.75) is 37.5 Å². The van der Waals surface area contributed by atoms with Crippen LogP contribution in [0.3, 0.4) is 0 Å². The first-order valence-corrected chi connectivity index (χ1v) is 10.2. The molecule has 5 rings (SSSR count). The van der Waals surface area contributed by atoms with Crippen LogP contribution in [0.15, 0.2) is 49.1 Å². The first-order valence-electron chi connectivity index (χ1n) is 10.2. The van der Waals surface area contributed by atoms with Crippen molar-refractivity contribution < 1.29 is 20.1 Å². The molecule has 5 N–H and O–H groups in total. The summed E-state index contributed by atoms with van der Waals surface area (Å²) in [6, 6.07) is 10.1. The molecule has 1 aliphatic heterocycles. The molecule has 11 heteroatoms. The van der Waals surface area contributed by atoms with Gasteiger partial charge >= 0.3 is 0 Å². The molecule has 1 fully saturated rings. The van der Waals surface area contributed by atoms with E-state index in [4.69, 9.17) is 10.5 Å². The first kappa shape index (κ1) is 20.5. The number of anilines is 1. The van der Waals surface area contributed by atoms with Crippen LogP contribution in [0, 0.1) is 0 Å². The van der Waals surface area contributed by atoms with Crippen LogP contribution in [0.1, 0.15) is 11.8 Å². The Bertz CT molecular complexity index is 1230. The molecule has 11 nitrogen and oxygen atoms in total. The Labute approximate surface area is 182 Å². The smallest absolute Gasteiger partial charge is 0.168 e. The Morgan fingerprint density at radius 3 is 2.66 bits per heavy atom. The van der Waals surface area contributed by atoms with E-state index in [-0.39, 0.29) is 5.82 Å². The number of fused-ring (bicyclic) bond motifs is 1. The van der Waals surface area contributed by atoms with E-state index in [2.05, 4.69) is 32.2 Å². The zero-order valence-electron chi connectivity index (χ0n) is 17.1. The number of hydrogen-bond donors (Lipinski definition) is 4. The van der Waals surface area contributed by atoms with Crippen molar-refractivity contribution in [1.29, 1.82) is 0 Å². The molecule has 1 saturated heterocycles. The minimum atomic E-state index is -1.26. The van der Waals surface area contributed by atoms with Crippen LogP contribution in [0.2, 0.25) is 0 Å². The van der Waals surface area contributed by atoms with Gasteiger partial charge in [-0.05, 0) is 12.0 Å². The third-order valence-corrected chi connectivity index (χ3v) is 5.60. The Balaban J connectivity index is 1.43. The molecule has 1 aliphatic rings. The van der Waals surface area contributed by atoms with Gasteiger partial charge in [-0.25, -0.2) is 15.0 Å². The average molecular weight is 437 g/mol. The lowest BCUT2D eigenvalue weighted by Gasteiger charge is -2.16. The molecule has 1 unspecified atom stereocenters. The van der Waals surface area contributed by atoms with Gasteiger partial charge in [0.2, 0.25) is 0 Å². The van der Waals surface area contributed by atoms with Crippen molar-refractivity contribution in [2.24, 2.45) is 0 Å². The quantitative estimate of drug-likeness (QED) is 0.329. The van der Waals surface area contributed by atoms with Gasteiger partial charge in [-0.3, -0.25) is 9.25 Å². The van der Waals surface area contributed by atoms with Gasteiger partial charge in [-0.1, -0.05) is 30.3 Å². The van der Waals surface area contributed by atoms with Gasteiger partial charge in [-0.2, -0.15) is 5.10 Å². The predicted octanol–water partition coefficient (Wildman–Crippen LogP) is 0.126. The molecular formula is C21H23N7O4. The summed E-state index contributed by atoms with van der Waals surface area (Å²) in [4.78, 5) is 13.2. The highest BCUT2D eigenvalue weighted by Gasteiger charge is 2.44. The summed E-state index contributed by atoms with van der Waals surface area (Å²) in [5, 5.41) is 34.2. The van der Waals surface area contributed by atoms with Crippen LogP contribution in [0.4, 0.5) is 5.82 Å². The molecule has 166 valence electrons. The van der Waals surface area contributed by atoms with Gasteiger partial charge < -0.3 is 25.8 Å². The summed E-state index contributed by atoms with van der Waals surface area (Å²) in [5.41, 5.74) is 8.71. The lowest BCUT2D eigenvalue weighted by atomic mass is 10.1. The highest BCUT2D eigenvalue weighted by molar-refractivity contribution is 5.83. The highest BCUT2D eigenvalue weighted by Crippen LogP contribution is 2.32. The summed E-state index contributed by atoms with van der Waals surface area (Å²) in [6.45, 7) is 0.272. The van der Waals surface area contributed by atoms with Crippen molar-refractivity contribution in [3.05, 3.63) is 54.6 Å². The van der Waals surface area contributed by atoms with Crippen LogP contribution in [-0.2, 0) is 17.7 Å². The molecule has 0 spiro atoms. The van der Waals surface area contributed by atoms with E-state index in [1.54, 1.807) is 6.20 Å². The van der Waals surface area contributed by atoms with Crippen LogP contribution >= 0.6 is 0 Å². The zero-order chi connectivity index (χ0) is 22.2. The van der Waals surface area contributed by atoms with Crippen LogP contribution in [0.5, 0.6) is 0 Å². The van der Waals surface area contributed by atoms with Gasteiger partial charge in [0.15, 0.2) is 23.5 Å². The molecule has 4 atom stereocenters. The third-order valence-electron chi connectivity index (χ3n) is 5.60. The number of imidazole rings is 1. The molecular weight excluding hydrogens is 414 g/mol. The molecule has 0 bridgehead atoms. The summed E-state index contributed by atoms with van der Waals surface area (Å²) < 4.78 is 8.91. The predicted molar refractivity (Wildman–Crippen MR) is 114 cm³/mol. The molecule has 1 aromatic carbocycles. The van der Waals surface area contributed by atoms with Crippen LogP contribution in [-0.4, -0.2) is 69.5 Å². The highest BCUT2D eigenvalue weighted by atomic mass is 16.6. The largest absolute Gasteiger partial charge is 0.394 e. The van der Waals surface area contributed by atoms with Crippen molar-refractivity contribution in [3.63, 3.8) is 0 Å². The standard InChI is InChI=1S/C21H23N7O4/c22-18-15-20(28(11-23-15)21-17(31)16(30)14(10-29)32-21)26-19(25-18)13-8-24-27(9-13)7-6-12-4-2-1-3-5-12/h1-5,8-9,11,14,16-17,21,29-31H,6-7,10H2,(H2,22,25,26)/t14?,16-,17-,21-/m1/s1. The third kappa shape index (κ3) is 3.60. The van der Waals surface area contributed by atoms with E-state index in [0.29, 0.717) is 29.1 Å². The normalized spacial score (nSPS) is 23.2. The van der Waals surface area contributed by atoms with E-state index in [9.17, 15) is 15.3 Å². The molecule has 0 amide bonds. The first-order chi connectivity index (χ1) is 15.5. The molecule has 0 radical (unpaired) electrons. The zero-order valence-corrected chi connectivity index (χ0v) is 17.1. The van der Waals surface area contributed by atoms with E-state index in [1.807, 2.05) is 29.1 Å². The number of nitrogen functional groups attached to an aromatic ring is 1. The van der Waals surface area contributed by atoms with Crippen molar-refractivity contribution >= 4 is 17.0 Å². The number of nitrogens with zero attached hydrogens (tertiary/aromatic N) is 6. The molecule has 0 aliphatic carbocycles. The van der Waals surface area contributed by atoms with Crippen LogP contribution < -0.4 is 5.73 Å². The maximum Gasteiger partial charge on any atom is 0.168 e. The minimum Gasteiger partial charge on any atom is -0.394 e. The number of hydrogen-bond acceptors (Lipinski definition) is 9. The van der Waals surface area contributed by atoms with Crippen molar-refractivity contribution in [2.75, 3.05) is 12.3 Å². The number of aliphatic hydroxyl groups excluding tert-OH is 3. The molecule has 4 heterocycles. The monoisotopic (exact) mass is 437 g/mol. The Morgan fingerprint density at radius 1 is 1.09 bits per heavy atom. The summed E-state index contributed by atoms with van der Waals surface area (Å²) in [5.74, 6) is 0.530. The number of rotatable bonds is 6. The van der Waals surface area contributed by atoms with Gasteiger partial charge in [0.1, 0.15) is 23.8 Å². The minimum absolute atomic E-state index is 0.174. The number of aromatic nitrogens is 6. The summed E-state index contributed by atoms with van der Waals surface area (Å²) >= 11 is 0. The number of nitrogens with two attached hydrogens (primary N) is 1. The fourth-order valence-electron chi connectivity index (χ4n) is 3.85. The van der Waals surface area contributed by atoms with E-state index in [1.165, 1.54) is 16.5 Å². The molecule has 3 aromatic heterocycles. The van der Waals surface area contributed by atoms with Gasteiger partial charge in [0.25, 0.3) is 0 Å². The van der Waals surface area contributed by atoms with E-state index < -0.39 is 31.1 Å². The Morgan fingerprint density at radius 2 is 1.91 bits per heavy atom. The van der Waals surface area contributed by atoms with E-state index in [0.717, 1.165) is 6.42 Å². The van der Waals surface area contributed by atoms with Crippen molar-refractivity contribution in [3.8, 4) is 11.4 Å². The number of benzene rings is 1. The molecule has 4 aromatic rings. The second-order valence-corrected chi connectivity index (χ2v) is 7.71. The average Bonchev–Trinajstić information content (AvgIpc) is 3.52. The second kappa shape index (κ2) is 8.28. The summed E-state index contributed by atoms with van der Waals surface area (Å²) in [6.07, 6.45) is 1.39. The van der Waals surface area contributed by atoms with Gasteiger partial charge in [0, 0.05) is 12.7 Å². The summed E-state index contributed by atoms with van der Waals surface area (Å²) in [7, 11) is 0. The van der Waals surface area contributed by atoms with Gasteiger partial charge in [-0.15, -0.1) is 0 Å². The Hall–Kier alpha value is -3.38. The maximum absolute atomic E-state index is 10.4. The second-order valence-electron chi connectivity index (χ2n) is 7.71. The SMILES string of the molecule is Nc1nc(-c2cnn(CCc3ccccc3)c2)nc2c1ncn2[C@@H]1OC(CO)[C@@H](O)[C@H]1O. The number of aliphatic hydroxyl groups is 3. The van der Waals surface area contributed by atoms with Crippen molar-refractivity contribution in [1.82, 2.24) is 29.3 Å². The fourth-order valence-corrected chi connectivity index (χ4v) is 3.85. The number of aryl methyl sites for hydroxylation is 2. The topological polar surface area (TPSA) is 157 Å². The molecule has 0 saturated carbocycles. The van der Waals surface area contributed by atoms with Crippen LogP contribution in [0.25, 0.3) is 22.6 Å².